The minimum atomic E-state index is -0.346. The third kappa shape index (κ3) is 3.86. The van der Waals surface area contributed by atoms with E-state index in [0.29, 0.717) is 12.2 Å². The number of thioether (sulfide) groups is 1. The van der Waals surface area contributed by atoms with Gasteiger partial charge < -0.3 is 9.47 Å². The third-order valence-electron chi connectivity index (χ3n) is 3.49. The summed E-state index contributed by atoms with van der Waals surface area (Å²) in [6, 6.07) is 17.1. The summed E-state index contributed by atoms with van der Waals surface area (Å²) >= 11 is 1.74. The van der Waals surface area contributed by atoms with Crippen molar-refractivity contribution in [1.82, 2.24) is 4.98 Å². The lowest BCUT2D eigenvalue weighted by Gasteiger charge is -2.08. The summed E-state index contributed by atoms with van der Waals surface area (Å²) in [7, 11) is 1.37. The van der Waals surface area contributed by atoms with Crippen LogP contribution in [0.15, 0.2) is 65.7 Å². The summed E-state index contributed by atoms with van der Waals surface area (Å²) in [6.45, 7) is 0.582. The van der Waals surface area contributed by atoms with Gasteiger partial charge in [0.05, 0.1) is 24.8 Å². The minimum absolute atomic E-state index is 0.346. The van der Waals surface area contributed by atoms with E-state index in [1.165, 1.54) is 12.0 Å². The molecule has 3 aromatic rings. The quantitative estimate of drug-likeness (QED) is 0.383. The van der Waals surface area contributed by atoms with E-state index >= 15 is 0 Å². The molecule has 0 unspecified atom stereocenters. The van der Waals surface area contributed by atoms with Gasteiger partial charge in [0.25, 0.3) is 0 Å². The van der Waals surface area contributed by atoms with Crippen molar-refractivity contribution >= 4 is 28.6 Å². The van der Waals surface area contributed by atoms with Crippen molar-refractivity contribution in [3.63, 3.8) is 0 Å². The monoisotopic (exact) mass is 339 g/mol. The zero-order valence-corrected chi connectivity index (χ0v) is 14.1. The molecule has 1 aromatic heterocycles. The van der Waals surface area contributed by atoms with Gasteiger partial charge in [-0.15, -0.1) is 11.8 Å². The van der Waals surface area contributed by atoms with E-state index < -0.39 is 0 Å². The first kappa shape index (κ1) is 16.3. The first-order valence-corrected chi connectivity index (χ1v) is 8.54. The number of pyridine rings is 1. The Morgan fingerprint density at radius 1 is 1.08 bits per heavy atom. The van der Waals surface area contributed by atoms with E-state index in [2.05, 4.69) is 15.8 Å². The third-order valence-corrected chi connectivity index (χ3v) is 4.53. The molecule has 0 saturated heterocycles. The molecule has 0 spiro atoms. The van der Waals surface area contributed by atoms with Gasteiger partial charge in [0, 0.05) is 22.2 Å². The lowest BCUT2D eigenvalue weighted by molar-refractivity contribution is 0.0600. The number of para-hydroxylation sites is 1. The molecular formula is C19H17NO3S. The van der Waals surface area contributed by atoms with E-state index in [9.17, 15) is 4.79 Å². The number of ether oxygens (including phenoxy) is 2. The summed E-state index contributed by atoms with van der Waals surface area (Å²) in [5, 5.41) is 1.16. The maximum absolute atomic E-state index is 11.4. The molecule has 1 heterocycles. The van der Waals surface area contributed by atoms with Crippen molar-refractivity contribution in [3.8, 4) is 5.75 Å². The molecule has 0 amide bonds. The van der Waals surface area contributed by atoms with Crippen LogP contribution in [0.4, 0.5) is 0 Å². The van der Waals surface area contributed by atoms with Crippen LogP contribution in [-0.2, 0) is 4.74 Å². The van der Waals surface area contributed by atoms with Crippen molar-refractivity contribution < 1.29 is 14.3 Å². The number of aromatic nitrogens is 1. The number of carbonyl (C=O) groups excluding carboxylic acids is 1. The largest absolute Gasteiger partial charge is 0.493 e. The molecule has 2 aromatic carbocycles. The van der Waals surface area contributed by atoms with Gasteiger partial charge in [0.2, 0.25) is 0 Å². The maximum atomic E-state index is 11.4. The number of hydrogen-bond donors (Lipinski definition) is 0. The highest BCUT2D eigenvalue weighted by atomic mass is 32.2. The van der Waals surface area contributed by atoms with E-state index in [-0.39, 0.29) is 5.97 Å². The number of methoxy groups -OCH3 is 1. The van der Waals surface area contributed by atoms with Gasteiger partial charge in [-0.25, -0.2) is 4.79 Å². The van der Waals surface area contributed by atoms with Crippen LogP contribution in [0, 0.1) is 0 Å². The lowest BCUT2D eigenvalue weighted by Crippen LogP contribution is -2.02. The highest BCUT2D eigenvalue weighted by molar-refractivity contribution is 7.99. The van der Waals surface area contributed by atoms with E-state index in [4.69, 9.17) is 4.74 Å². The predicted octanol–water partition coefficient (Wildman–Crippen LogP) is 4.19. The standard InChI is InChI=1S/C19H17NO3S/c1-22-19(21)14-6-8-15(9-7-14)23-12-13-24-18-10-11-20-17-5-3-2-4-16(17)18/h2-11H,12-13H2,1H3. The summed E-state index contributed by atoms with van der Waals surface area (Å²) in [6.07, 6.45) is 1.83. The molecule has 0 bridgehead atoms. The number of fused-ring (bicyclic) bond motifs is 1. The van der Waals surface area contributed by atoms with Crippen LogP contribution in [0.25, 0.3) is 10.9 Å². The first-order chi connectivity index (χ1) is 11.8. The van der Waals surface area contributed by atoms with Crippen molar-refractivity contribution in [1.29, 1.82) is 0 Å². The SMILES string of the molecule is COC(=O)c1ccc(OCCSc2ccnc3ccccc23)cc1. The predicted molar refractivity (Wildman–Crippen MR) is 95.7 cm³/mol. The first-order valence-electron chi connectivity index (χ1n) is 7.55. The molecule has 0 fully saturated rings. The molecule has 0 aliphatic heterocycles. The Morgan fingerprint density at radius 3 is 2.67 bits per heavy atom. The zero-order valence-electron chi connectivity index (χ0n) is 13.3. The van der Waals surface area contributed by atoms with E-state index in [1.807, 2.05) is 30.5 Å². The Morgan fingerprint density at radius 2 is 1.88 bits per heavy atom. The zero-order chi connectivity index (χ0) is 16.8. The highest BCUT2D eigenvalue weighted by Crippen LogP contribution is 2.26. The number of rotatable bonds is 6. The smallest absolute Gasteiger partial charge is 0.337 e. The Kier molecular flexibility index (Phi) is 5.33. The van der Waals surface area contributed by atoms with Crippen LogP contribution >= 0.6 is 11.8 Å². The van der Waals surface area contributed by atoms with Crippen LogP contribution in [-0.4, -0.2) is 30.4 Å². The molecule has 0 saturated carbocycles. The number of esters is 1. The van der Waals surface area contributed by atoms with Gasteiger partial charge in [0.15, 0.2) is 0 Å². The molecule has 0 N–H and O–H groups in total. The van der Waals surface area contributed by atoms with Crippen LogP contribution in [0.1, 0.15) is 10.4 Å². The number of hydrogen-bond acceptors (Lipinski definition) is 5. The molecular weight excluding hydrogens is 322 g/mol. The van der Waals surface area contributed by atoms with E-state index in [1.54, 1.807) is 36.0 Å². The number of benzene rings is 2. The molecule has 3 rings (SSSR count). The van der Waals surface area contributed by atoms with Crippen molar-refractivity contribution in [2.24, 2.45) is 0 Å². The van der Waals surface area contributed by atoms with Gasteiger partial charge in [-0.1, -0.05) is 18.2 Å². The molecule has 5 heteroatoms. The second-order valence-corrected chi connectivity index (χ2v) is 6.18. The van der Waals surface area contributed by atoms with Crippen molar-refractivity contribution in [2.75, 3.05) is 19.5 Å². The fourth-order valence-electron chi connectivity index (χ4n) is 2.31. The Labute approximate surface area is 144 Å². The molecule has 0 aliphatic rings. The van der Waals surface area contributed by atoms with Crippen molar-refractivity contribution in [3.05, 3.63) is 66.4 Å². The average molecular weight is 339 g/mol. The van der Waals surface area contributed by atoms with Crippen LogP contribution < -0.4 is 4.74 Å². The average Bonchev–Trinajstić information content (AvgIpc) is 2.65. The van der Waals surface area contributed by atoms with Crippen LogP contribution in [0.5, 0.6) is 5.75 Å². The van der Waals surface area contributed by atoms with Gasteiger partial charge in [0.1, 0.15) is 5.75 Å². The molecule has 0 atom stereocenters. The lowest BCUT2D eigenvalue weighted by atomic mass is 10.2. The summed E-state index contributed by atoms with van der Waals surface area (Å²) in [5.41, 5.74) is 1.52. The van der Waals surface area contributed by atoms with Gasteiger partial charge in [-0.2, -0.15) is 0 Å². The Balaban J connectivity index is 1.54. The molecule has 24 heavy (non-hydrogen) atoms. The Bertz CT molecular complexity index is 828. The second-order valence-electron chi connectivity index (χ2n) is 5.04. The van der Waals surface area contributed by atoms with Gasteiger partial charge in [-0.3, -0.25) is 4.98 Å². The molecule has 122 valence electrons. The van der Waals surface area contributed by atoms with Gasteiger partial charge >= 0.3 is 5.97 Å². The maximum Gasteiger partial charge on any atom is 0.337 e. The number of carbonyl (C=O) groups is 1. The van der Waals surface area contributed by atoms with Crippen LogP contribution in [0.2, 0.25) is 0 Å². The highest BCUT2D eigenvalue weighted by Gasteiger charge is 2.05. The molecule has 0 aliphatic carbocycles. The fourth-order valence-corrected chi connectivity index (χ4v) is 3.18. The summed E-state index contributed by atoms with van der Waals surface area (Å²) < 4.78 is 10.4. The van der Waals surface area contributed by atoms with Gasteiger partial charge in [-0.05, 0) is 36.4 Å². The van der Waals surface area contributed by atoms with E-state index in [0.717, 1.165) is 22.4 Å². The fraction of sp³-hybridized carbons (Fsp3) is 0.158. The second kappa shape index (κ2) is 7.84. The molecule has 0 radical (unpaired) electrons. The van der Waals surface area contributed by atoms with Crippen LogP contribution in [0.3, 0.4) is 0 Å². The topological polar surface area (TPSA) is 48.4 Å². The molecule has 4 nitrogen and oxygen atoms in total. The Hall–Kier alpha value is -2.53. The minimum Gasteiger partial charge on any atom is -0.493 e. The van der Waals surface area contributed by atoms with Crippen molar-refractivity contribution in [2.45, 2.75) is 4.90 Å². The summed E-state index contributed by atoms with van der Waals surface area (Å²) in [5.74, 6) is 1.22. The number of nitrogens with zero attached hydrogens (tertiary/aromatic N) is 1. The summed E-state index contributed by atoms with van der Waals surface area (Å²) in [4.78, 5) is 16.9. The normalized spacial score (nSPS) is 10.5.